The van der Waals surface area contributed by atoms with Gasteiger partial charge >= 0.3 is 0 Å². The third kappa shape index (κ3) is 3.72. The summed E-state index contributed by atoms with van der Waals surface area (Å²) in [6.45, 7) is 4.82. The van der Waals surface area contributed by atoms with E-state index in [-0.39, 0.29) is 18.8 Å². The Labute approximate surface area is 170 Å². The Morgan fingerprint density at radius 3 is 2.34 bits per heavy atom. The fraction of sp³-hybridized carbons (Fsp3) is 0.478. The van der Waals surface area contributed by atoms with E-state index in [0.29, 0.717) is 13.2 Å². The zero-order valence-electron chi connectivity index (χ0n) is 16.7. The Kier molecular flexibility index (Phi) is 4.94. The van der Waals surface area contributed by atoms with Crippen LogP contribution in [-0.2, 0) is 35.0 Å². The van der Waals surface area contributed by atoms with Gasteiger partial charge in [0.25, 0.3) is 0 Å². The van der Waals surface area contributed by atoms with Crippen molar-refractivity contribution in [3.05, 3.63) is 71.8 Å². The van der Waals surface area contributed by atoms with E-state index >= 15 is 0 Å². The molecule has 3 saturated heterocycles. The topological polar surface area (TPSA) is 55.4 Å². The van der Waals surface area contributed by atoms with Gasteiger partial charge in [-0.25, -0.2) is 0 Å². The number of hydrogen-bond acceptors (Lipinski definition) is 6. The molecule has 29 heavy (non-hydrogen) atoms. The third-order valence-electron chi connectivity index (χ3n) is 5.55. The molecule has 6 nitrogen and oxygen atoms in total. The molecule has 0 N–H and O–H groups in total. The molecular formula is C23H26O6. The monoisotopic (exact) mass is 398 g/mol. The largest absolute Gasteiger partial charge is 0.365 e. The van der Waals surface area contributed by atoms with Gasteiger partial charge in [0, 0.05) is 5.56 Å². The van der Waals surface area contributed by atoms with Gasteiger partial charge in [0.2, 0.25) is 5.79 Å². The zero-order chi connectivity index (χ0) is 19.9. The maximum Gasteiger partial charge on any atom is 0.224 e. The van der Waals surface area contributed by atoms with Crippen molar-refractivity contribution < 1.29 is 28.4 Å². The van der Waals surface area contributed by atoms with Gasteiger partial charge in [0.05, 0.1) is 13.2 Å². The van der Waals surface area contributed by atoms with Gasteiger partial charge in [-0.3, -0.25) is 0 Å². The minimum absolute atomic E-state index is 0.237. The van der Waals surface area contributed by atoms with Crippen molar-refractivity contribution in [2.45, 2.75) is 56.6 Å². The molecule has 0 aliphatic carbocycles. The standard InChI is InChI=1S/C23H26O6/c1-22(2)26-15-23(29-22)20(24-13-16-9-5-3-6-10-16)19-18(14-25-23)27-21(28-19)17-11-7-4-8-12-17/h3-12,18-21H,13-15H2,1-2H3/t18-,19-,20+,21-,23+/m1/s1. The van der Waals surface area contributed by atoms with Crippen LogP contribution < -0.4 is 0 Å². The van der Waals surface area contributed by atoms with Crippen LogP contribution in [0, 0.1) is 0 Å². The fourth-order valence-electron chi connectivity index (χ4n) is 4.16. The van der Waals surface area contributed by atoms with E-state index in [4.69, 9.17) is 28.4 Å². The van der Waals surface area contributed by atoms with Gasteiger partial charge in [-0.1, -0.05) is 60.7 Å². The van der Waals surface area contributed by atoms with E-state index in [1.807, 2.05) is 74.5 Å². The molecule has 3 aliphatic rings. The highest BCUT2D eigenvalue weighted by Gasteiger charge is 2.62. The average molecular weight is 398 g/mol. The second-order valence-electron chi connectivity index (χ2n) is 8.15. The van der Waals surface area contributed by atoms with Crippen LogP contribution in [0.25, 0.3) is 0 Å². The summed E-state index contributed by atoms with van der Waals surface area (Å²) < 4.78 is 37.1. The molecular weight excluding hydrogens is 372 g/mol. The first-order chi connectivity index (χ1) is 14.0. The van der Waals surface area contributed by atoms with Crippen molar-refractivity contribution in [3.8, 4) is 0 Å². The molecule has 2 aromatic carbocycles. The van der Waals surface area contributed by atoms with Gasteiger partial charge < -0.3 is 28.4 Å². The maximum atomic E-state index is 6.36. The fourth-order valence-corrected chi connectivity index (χ4v) is 4.16. The summed E-state index contributed by atoms with van der Waals surface area (Å²) in [5, 5.41) is 0. The van der Waals surface area contributed by atoms with Crippen molar-refractivity contribution in [1.29, 1.82) is 0 Å². The Morgan fingerprint density at radius 2 is 1.66 bits per heavy atom. The molecule has 2 aromatic rings. The first-order valence-electron chi connectivity index (χ1n) is 10.0. The quantitative estimate of drug-likeness (QED) is 0.785. The van der Waals surface area contributed by atoms with Crippen molar-refractivity contribution in [3.63, 3.8) is 0 Å². The number of ether oxygens (including phenoxy) is 6. The van der Waals surface area contributed by atoms with Crippen LogP contribution in [0.4, 0.5) is 0 Å². The minimum Gasteiger partial charge on any atom is -0.365 e. The molecule has 0 bridgehead atoms. The van der Waals surface area contributed by atoms with Gasteiger partial charge in [-0.2, -0.15) is 0 Å². The highest BCUT2D eigenvalue weighted by atomic mass is 16.9. The van der Waals surface area contributed by atoms with Crippen molar-refractivity contribution in [1.82, 2.24) is 0 Å². The first-order valence-corrected chi connectivity index (χ1v) is 10.0. The van der Waals surface area contributed by atoms with Gasteiger partial charge in [-0.15, -0.1) is 0 Å². The van der Waals surface area contributed by atoms with Crippen molar-refractivity contribution >= 4 is 0 Å². The number of benzene rings is 2. The van der Waals surface area contributed by atoms with Crippen LogP contribution in [-0.4, -0.2) is 43.1 Å². The second-order valence-corrected chi connectivity index (χ2v) is 8.15. The summed E-state index contributed by atoms with van der Waals surface area (Å²) in [6.07, 6.45) is -1.51. The molecule has 0 amide bonds. The first kappa shape index (κ1) is 19.2. The molecule has 0 aromatic heterocycles. The molecule has 0 unspecified atom stereocenters. The van der Waals surface area contributed by atoms with Crippen LogP contribution in [0.15, 0.2) is 60.7 Å². The molecule has 154 valence electrons. The van der Waals surface area contributed by atoms with Gasteiger partial charge in [0.15, 0.2) is 12.1 Å². The maximum absolute atomic E-state index is 6.36. The highest BCUT2D eigenvalue weighted by molar-refractivity contribution is 5.18. The molecule has 0 radical (unpaired) electrons. The molecule has 3 aliphatic heterocycles. The summed E-state index contributed by atoms with van der Waals surface area (Å²) in [5.74, 6) is -1.77. The van der Waals surface area contributed by atoms with Gasteiger partial charge in [-0.05, 0) is 19.4 Å². The smallest absolute Gasteiger partial charge is 0.224 e. The number of fused-ring (bicyclic) bond motifs is 1. The van der Waals surface area contributed by atoms with E-state index in [1.165, 1.54) is 0 Å². The van der Waals surface area contributed by atoms with Gasteiger partial charge in [0.1, 0.15) is 24.9 Å². The summed E-state index contributed by atoms with van der Waals surface area (Å²) in [4.78, 5) is 0. The normalized spacial score (nSPS) is 35.7. The van der Waals surface area contributed by atoms with E-state index in [0.717, 1.165) is 11.1 Å². The molecule has 3 fully saturated rings. The van der Waals surface area contributed by atoms with Crippen LogP contribution in [0.3, 0.4) is 0 Å². The summed E-state index contributed by atoms with van der Waals surface area (Å²) in [6, 6.07) is 19.9. The zero-order valence-corrected chi connectivity index (χ0v) is 16.7. The third-order valence-corrected chi connectivity index (χ3v) is 5.55. The Bertz CT molecular complexity index is 826. The predicted octanol–water partition coefficient (Wildman–Crippen LogP) is 3.56. The van der Waals surface area contributed by atoms with Crippen LogP contribution in [0.1, 0.15) is 31.3 Å². The van der Waals surface area contributed by atoms with E-state index < -0.39 is 24.0 Å². The van der Waals surface area contributed by atoms with E-state index in [2.05, 4.69) is 0 Å². The van der Waals surface area contributed by atoms with Crippen LogP contribution in [0.5, 0.6) is 0 Å². The Morgan fingerprint density at radius 1 is 0.931 bits per heavy atom. The second kappa shape index (κ2) is 7.47. The molecule has 3 heterocycles. The summed E-state index contributed by atoms with van der Waals surface area (Å²) in [5.41, 5.74) is 2.04. The van der Waals surface area contributed by atoms with Crippen LogP contribution >= 0.6 is 0 Å². The van der Waals surface area contributed by atoms with Crippen molar-refractivity contribution in [2.24, 2.45) is 0 Å². The molecule has 1 spiro atoms. The minimum atomic E-state index is -1.02. The predicted molar refractivity (Wildman–Crippen MR) is 104 cm³/mol. The lowest BCUT2D eigenvalue weighted by Gasteiger charge is -2.43. The lowest BCUT2D eigenvalue weighted by molar-refractivity contribution is -0.336. The molecule has 5 atom stereocenters. The van der Waals surface area contributed by atoms with Crippen molar-refractivity contribution in [2.75, 3.05) is 13.2 Å². The number of hydrogen-bond donors (Lipinski definition) is 0. The van der Waals surface area contributed by atoms with E-state index in [9.17, 15) is 0 Å². The Hall–Kier alpha value is -1.80. The lowest BCUT2D eigenvalue weighted by Crippen LogP contribution is -2.62. The SMILES string of the molecule is CC1(C)OC[C@]2(OC[C@H]3O[C@@H](c4ccccc4)O[C@H]3[C@@H]2OCc2ccccc2)O1. The molecule has 0 saturated carbocycles. The highest BCUT2D eigenvalue weighted by Crippen LogP contribution is 2.46. The van der Waals surface area contributed by atoms with E-state index in [1.54, 1.807) is 0 Å². The summed E-state index contributed by atoms with van der Waals surface area (Å²) >= 11 is 0. The summed E-state index contributed by atoms with van der Waals surface area (Å²) in [7, 11) is 0. The molecule has 5 rings (SSSR count). The lowest BCUT2D eigenvalue weighted by atomic mass is 9.97. The Balaban J connectivity index is 1.40. The molecule has 6 heteroatoms. The van der Waals surface area contributed by atoms with Crippen LogP contribution in [0.2, 0.25) is 0 Å². The average Bonchev–Trinajstić information content (AvgIpc) is 3.30. The number of rotatable bonds is 4.